The molecule has 108 valence electrons. The van der Waals surface area contributed by atoms with E-state index in [0.717, 1.165) is 10.8 Å². The molecule has 1 saturated heterocycles. The summed E-state index contributed by atoms with van der Waals surface area (Å²) in [5, 5.41) is 2.74. The fraction of sp³-hybridized carbons (Fsp3) is 0.750. The molecule has 1 aromatic heterocycles. The van der Waals surface area contributed by atoms with Gasteiger partial charge in [0.1, 0.15) is 0 Å². The summed E-state index contributed by atoms with van der Waals surface area (Å²) in [4.78, 5) is 6.36. The molecule has 0 aliphatic carbocycles. The number of rotatable bonds is 2. The van der Waals surface area contributed by atoms with Crippen LogP contribution in [0.15, 0.2) is 5.38 Å². The Kier molecular flexibility index (Phi) is 3.79. The third-order valence-electron chi connectivity index (χ3n) is 2.98. The maximum Gasteiger partial charge on any atom is 0.522 e. The van der Waals surface area contributed by atoms with Gasteiger partial charge in [0.15, 0.2) is 5.13 Å². The lowest BCUT2D eigenvalue weighted by Crippen LogP contribution is -2.27. The first-order valence-electron chi connectivity index (χ1n) is 6.11. The van der Waals surface area contributed by atoms with Crippen LogP contribution in [0.3, 0.4) is 0 Å². The first-order valence-corrected chi connectivity index (χ1v) is 6.98. The molecule has 1 aliphatic rings. The average molecular weight is 294 g/mol. The Hall–Kier alpha value is -0.820. The summed E-state index contributed by atoms with van der Waals surface area (Å²) in [6, 6.07) is 0. The van der Waals surface area contributed by atoms with Gasteiger partial charge in [-0.05, 0) is 6.42 Å². The van der Waals surface area contributed by atoms with Crippen LogP contribution >= 0.6 is 11.3 Å². The van der Waals surface area contributed by atoms with Crippen LogP contribution < -0.4 is 4.90 Å². The fourth-order valence-electron chi connectivity index (χ4n) is 1.94. The quantitative estimate of drug-likeness (QED) is 0.834. The van der Waals surface area contributed by atoms with E-state index in [9.17, 15) is 13.2 Å². The van der Waals surface area contributed by atoms with Gasteiger partial charge in [-0.2, -0.15) is 0 Å². The van der Waals surface area contributed by atoms with Crippen LogP contribution in [-0.2, 0) is 10.2 Å². The molecule has 0 aromatic carbocycles. The topological polar surface area (TPSA) is 25.4 Å². The molecular formula is C12H17F3N2OS. The number of alkyl halides is 3. The highest BCUT2D eigenvalue weighted by molar-refractivity contribution is 7.13. The largest absolute Gasteiger partial charge is 0.522 e. The molecule has 1 aliphatic heterocycles. The number of aromatic nitrogens is 1. The van der Waals surface area contributed by atoms with E-state index < -0.39 is 12.5 Å². The molecule has 1 unspecified atom stereocenters. The van der Waals surface area contributed by atoms with Gasteiger partial charge in [-0.1, -0.05) is 20.8 Å². The Morgan fingerprint density at radius 2 is 2.05 bits per heavy atom. The number of halogens is 3. The van der Waals surface area contributed by atoms with Gasteiger partial charge in [0, 0.05) is 23.9 Å². The Labute approximate surface area is 114 Å². The summed E-state index contributed by atoms with van der Waals surface area (Å²) in [5.74, 6) is 0. The van der Waals surface area contributed by atoms with E-state index >= 15 is 0 Å². The Bertz CT molecular complexity index is 439. The zero-order valence-corrected chi connectivity index (χ0v) is 11.9. The molecular weight excluding hydrogens is 277 g/mol. The molecule has 0 radical (unpaired) electrons. The van der Waals surface area contributed by atoms with E-state index in [1.54, 1.807) is 0 Å². The van der Waals surface area contributed by atoms with Gasteiger partial charge in [0.05, 0.1) is 11.8 Å². The van der Waals surface area contributed by atoms with Crippen molar-refractivity contribution in [3.63, 3.8) is 0 Å². The van der Waals surface area contributed by atoms with Crippen molar-refractivity contribution in [2.75, 3.05) is 18.0 Å². The number of thiazole rings is 1. The second-order valence-corrected chi connectivity index (χ2v) is 6.52. The minimum absolute atomic E-state index is 0.0453. The Morgan fingerprint density at radius 3 is 2.58 bits per heavy atom. The third kappa shape index (κ3) is 3.82. The average Bonchev–Trinajstić information content (AvgIpc) is 2.80. The molecule has 7 heteroatoms. The van der Waals surface area contributed by atoms with Crippen LogP contribution in [0.1, 0.15) is 32.9 Å². The van der Waals surface area contributed by atoms with E-state index in [1.165, 1.54) is 11.3 Å². The molecule has 0 saturated carbocycles. The van der Waals surface area contributed by atoms with Gasteiger partial charge in [-0.15, -0.1) is 24.5 Å². The van der Waals surface area contributed by atoms with Crippen molar-refractivity contribution in [3.05, 3.63) is 11.1 Å². The second-order valence-electron chi connectivity index (χ2n) is 5.69. The highest BCUT2D eigenvalue weighted by atomic mass is 32.1. The van der Waals surface area contributed by atoms with Crippen LogP contribution in [-0.4, -0.2) is 30.5 Å². The van der Waals surface area contributed by atoms with Crippen molar-refractivity contribution in [2.24, 2.45) is 0 Å². The van der Waals surface area contributed by atoms with Crippen molar-refractivity contribution in [3.8, 4) is 0 Å². The zero-order chi connectivity index (χ0) is 14.3. The number of nitrogens with zero attached hydrogens (tertiary/aromatic N) is 2. The predicted molar refractivity (Wildman–Crippen MR) is 68.6 cm³/mol. The van der Waals surface area contributed by atoms with Gasteiger partial charge in [-0.25, -0.2) is 4.98 Å². The lowest BCUT2D eigenvalue weighted by Gasteiger charge is -2.17. The molecule has 2 rings (SSSR count). The standard InChI is InChI=1S/C12H17F3N2OS/c1-11(2,3)9-7-19-10(16-9)17-5-4-8(6-17)18-12(13,14)15/h7-8H,4-6H2,1-3H3. The molecule has 3 nitrogen and oxygen atoms in total. The summed E-state index contributed by atoms with van der Waals surface area (Å²) in [6.45, 7) is 6.98. The van der Waals surface area contributed by atoms with Gasteiger partial charge >= 0.3 is 6.36 Å². The number of hydrogen-bond donors (Lipinski definition) is 0. The van der Waals surface area contributed by atoms with Crippen molar-refractivity contribution in [1.29, 1.82) is 0 Å². The summed E-state index contributed by atoms with van der Waals surface area (Å²) < 4.78 is 40.5. The normalized spacial score (nSPS) is 21.2. The molecule has 0 N–H and O–H groups in total. The van der Waals surface area contributed by atoms with Crippen LogP contribution in [0.5, 0.6) is 0 Å². The van der Waals surface area contributed by atoms with Crippen molar-refractivity contribution < 1.29 is 17.9 Å². The van der Waals surface area contributed by atoms with E-state index in [2.05, 4.69) is 30.5 Å². The smallest absolute Gasteiger partial charge is 0.345 e. The summed E-state index contributed by atoms with van der Waals surface area (Å²) in [7, 11) is 0. The molecule has 0 bridgehead atoms. The maximum absolute atomic E-state index is 12.1. The van der Waals surface area contributed by atoms with Gasteiger partial charge in [0.25, 0.3) is 0 Å². The Morgan fingerprint density at radius 1 is 1.37 bits per heavy atom. The van der Waals surface area contributed by atoms with E-state index in [-0.39, 0.29) is 12.0 Å². The molecule has 0 spiro atoms. The zero-order valence-electron chi connectivity index (χ0n) is 11.1. The minimum atomic E-state index is -4.56. The predicted octanol–water partition coefficient (Wildman–Crippen LogP) is 3.56. The molecule has 1 atom stereocenters. The lowest BCUT2D eigenvalue weighted by atomic mass is 9.93. The summed E-state index contributed by atoms with van der Waals surface area (Å²) in [6.07, 6.45) is -4.97. The van der Waals surface area contributed by atoms with Gasteiger partial charge in [-0.3, -0.25) is 4.74 Å². The molecule has 19 heavy (non-hydrogen) atoms. The monoisotopic (exact) mass is 294 g/mol. The highest BCUT2D eigenvalue weighted by Gasteiger charge is 2.37. The lowest BCUT2D eigenvalue weighted by molar-refractivity contribution is -0.339. The highest BCUT2D eigenvalue weighted by Crippen LogP contribution is 2.32. The Balaban J connectivity index is 1.99. The van der Waals surface area contributed by atoms with E-state index in [0.29, 0.717) is 13.0 Å². The van der Waals surface area contributed by atoms with Crippen LogP contribution in [0.2, 0.25) is 0 Å². The SMILES string of the molecule is CC(C)(C)c1csc(N2CCC(OC(F)(F)F)C2)n1. The third-order valence-corrected chi connectivity index (χ3v) is 3.88. The van der Waals surface area contributed by atoms with Crippen LogP contribution in [0.25, 0.3) is 0 Å². The van der Waals surface area contributed by atoms with E-state index in [1.807, 2.05) is 10.3 Å². The van der Waals surface area contributed by atoms with Crippen molar-refractivity contribution in [2.45, 2.75) is 45.1 Å². The molecule has 1 aromatic rings. The molecule has 1 fully saturated rings. The first-order chi connectivity index (χ1) is 8.65. The molecule has 2 heterocycles. The maximum atomic E-state index is 12.1. The fourth-order valence-corrected chi connectivity index (χ4v) is 3.03. The number of hydrogen-bond acceptors (Lipinski definition) is 4. The summed E-state index contributed by atoms with van der Waals surface area (Å²) in [5.41, 5.74) is 0.920. The minimum Gasteiger partial charge on any atom is -0.345 e. The van der Waals surface area contributed by atoms with E-state index in [4.69, 9.17) is 0 Å². The van der Waals surface area contributed by atoms with Crippen molar-refractivity contribution in [1.82, 2.24) is 4.98 Å². The van der Waals surface area contributed by atoms with Gasteiger partial charge in [0.2, 0.25) is 0 Å². The number of anilines is 1. The van der Waals surface area contributed by atoms with Crippen molar-refractivity contribution >= 4 is 16.5 Å². The summed E-state index contributed by atoms with van der Waals surface area (Å²) >= 11 is 1.47. The van der Waals surface area contributed by atoms with Crippen LogP contribution in [0, 0.1) is 0 Å². The van der Waals surface area contributed by atoms with Crippen LogP contribution in [0.4, 0.5) is 18.3 Å². The number of ether oxygens (including phenoxy) is 1. The molecule has 0 amide bonds. The second kappa shape index (κ2) is 4.94. The first kappa shape index (κ1) is 14.6. The van der Waals surface area contributed by atoms with Gasteiger partial charge < -0.3 is 4.90 Å².